The molecule has 1 unspecified atom stereocenters. The van der Waals surface area contributed by atoms with Gasteiger partial charge in [0, 0.05) is 12.6 Å². The van der Waals surface area contributed by atoms with E-state index in [2.05, 4.69) is 5.32 Å². The lowest BCUT2D eigenvalue weighted by atomic mass is 9.82. The van der Waals surface area contributed by atoms with Crippen molar-refractivity contribution >= 4 is 21.9 Å². The molecule has 4 N–H and O–H groups in total. The highest BCUT2D eigenvalue weighted by Crippen LogP contribution is 2.24. The lowest BCUT2D eigenvalue weighted by Gasteiger charge is -2.25. The zero-order valence-electron chi connectivity index (χ0n) is 13.6. The monoisotopic (exact) mass is 366 g/mol. The van der Waals surface area contributed by atoms with Gasteiger partial charge in [-0.05, 0) is 19.4 Å². The topological polar surface area (TPSA) is 140 Å². The smallest absolute Gasteiger partial charge is 0.315 e. The second kappa shape index (κ2) is 6.69. The normalized spacial score (nSPS) is 13.9. The van der Waals surface area contributed by atoms with Crippen molar-refractivity contribution in [3.63, 3.8) is 0 Å². The molecule has 0 radical (unpaired) electrons. The van der Waals surface area contributed by atoms with Crippen LogP contribution in [0.4, 0.5) is 0 Å². The van der Waals surface area contributed by atoms with Gasteiger partial charge in [0.15, 0.2) is 5.76 Å². The van der Waals surface area contributed by atoms with Gasteiger partial charge in [0.1, 0.15) is 16.1 Å². The Labute approximate surface area is 144 Å². The van der Waals surface area contributed by atoms with E-state index in [0.29, 0.717) is 5.56 Å². The Balaban J connectivity index is 2.22. The Bertz CT molecular complexity index is 904. The Kier molecular flexibility index (Phi) is 5.00. The van der Waals surface area contributed by atoms with Gasteiger partial charge in [-0.1, -0.05) is 30.3 Å². The van der Waals surface area contributed by atoms with Crippen LogP contribution < -0.4 is 10.5 Å². The van der Waals surface area contributed by atoms with E-state index >= 15 is 0 Å². The Morgan fingerprint density at radius 3 is 2.36 bits per heavy atom. The van der Waals surface area contributed by atoms with Crippen LogP contribution in [0.25, 0.3) is 0 Å². The molecular weight excluding hydrogens is 348 g/mol. The summed E-state index contributed by atoms with van der Waals surface area (Å²) in [5.74, 6) is -2.12. The first-order chi connectivity index (χ1) is 11.6. The average Bonchev–Trinajstić information content (AvgIpc) is 2.95. The van der Waals surface area contributed by atoms with Crippen LogP contribution in [0.3, 0.4) is 0 Å². The van der Waals surface area contributed by atoms with Crippen LogP contribution in [0.5, 0.6) is 0 Å². The van der Waals surface area contributed by atoms with E-state index in [9.17, 15) is 23.1 Å². The first kappa shape index (κ1) is 18.7. The van der Waals surface area contributed by atoms with E-state index in [4.69, 9.17) is 9.56 Å². The number of hydrogen-bond acceptors (Lipinski definition) is 5. The number of benzene rings is 1. The maximum Gasteiger partial charge on any atom is 0.315 e. The van der Waals surface area contributed by atoms with Gasteiger partial charge in [-0.15, -0.1) is 0 Å². The molecule has 8 nitrogen and oxygen atoms in total. The summed E-state index contributed by atoms with van der Waals surface area (Å²) in [5.41, 5.74) is -0.843. The SMILES string of the molecule is Cc1oc(C(=O)NCC(C)(C(=O)O)c2ccccc2)cc1S(N)(=O)=O. The number of carbonyl (C=O) groups excluding carboxylic acids is 1. The molecule has 2 aromatic rings. The number of carboxylic acid groups (broad SMARTS) is 1. The Morgan fingerprint density at radius 2 is 1.88 bits per heavy atom. The van der Waals surface area contributed by atoms with Gasteiger partial charge >= 0.3 is 5.97 Å². The number of carboxylic acids is 1. The lowest BCUT2D eigenvalue weighted by molar-refractivity contribution is -0.142. The number of nitrogens with two attached hydrogens (primary N) is 1. The number of aryl methyl sites for hydroxylation is 1. The molecule has 1 aromatic heterocycles. The average molecular weight is 366 g/mol. The van der Waals surface area contributed by atoms with Crippen molar-refractivity contribution in [2.75, 3.05) is 6.54 Å². The summed E-state index contributed by atoms with van der Waals surface area (Å²) in [7, 11) is -4.01. The molecule has 0 bridgehead atoms. The predicted octanol–water partition coefficient (Wildman–Crippen LogP) is 1.01. The lowest BCUT2D eigenvalue weighted by Crippen LogP contribution is -2.44. The van der Waals surface area contributed by atoms with Crippen LogP contribution in [0.2, 0.25) is 0 Å². The summed E-state index contributed by atoms with van der Waals surface area (Å²) in [5, 5.41) is 17.0. The number of sulfonamides is 1. The van der Waals surface area contributed by atoms with Gasteiger partial charge in [0.2, 0.25) is 10.0 Å². The summed E-state index contributed by atoms with van der Waals surface area (Å²) in [4.78, 5) is 23.6. The number of carbonyl (C=O) groups is 2. The Hall–Kier alpha value is -2.65. The summed E-state index contributed by atoms with van der Waals surface area (Å²) in [6.07, 6.45) is 0. The molecule has 0 aliphatic heterocycles. The molecule has 0 aliphatic carbocycles. The van der Waals surface area contributed by atoms with Crippen LogP contribution >= 0.6 is 0 Å². The van der Waals surface area contributed by atoms with Gasteiger partial charge in [0.25, 0.3) is 5.91 Å². The van der Waals surface area contributed by atoms with Crippen LogP contribution in [0.15, 0.2) is 45.7 Å². The van der Waals surface area contributed by atoms with E-state index in [0.717, 1.165) is 6.07 Å². The second-order valence-corrected chi connectivity index (χ2v) is 7.29. The second-order valence-electron chi connectivity index (χ2n) is 5.76. The number of rotatable bonds is 6. The number of hydrogen-bond donors (Lipinski definition) is 3. The third kappa shape index (κ3) is 3.89. The zero-order valence-corrected chi connectivity index (χ0v) is 14.5. The molecule has 0 aliphatic rings. The van der Waals surface area contributed by atoms with E-state index in [1.165, 1.54) is 13.8 Å². The van der Waals surface area contributed by atoms with Crippen molar-refractivity contribution in [3.05, 3.63) is 53.5 Å². The molecule has 1 aromatic carbocycles. The van der Waals surface area contributed by atoms with Crippen molar-refractivity contribution in [1.82, 2.24) is 5.32 Å². The van der Waals surface area contributed by atoms with E-state index in [1.54, 1.807) is 30.3 Å². The highest BCUT2D eigenvalue weighted by Gasteiger charge is 2.36. The maximum absolute atomic E-state index is 12.2. The van der Waals surface area contributed by atoms with Crippen molar-refractivity contribution in [3.8, 4) is 0 Å². The molecule has 0 spiro atoms. The van der Waals surface area contributed by atoms with Gasteiger partial charge in [-0.3, -0.25) is 9.59 Å². The molecule has 1 amide bonds. The number of amides is 1. The first-order valence-electron chi connectivity index (χ1n) is 7.26. The number of nitrogens with one attached hydrogen (secondary N) is 1. The fourth-order valence-electron chi connectivity index (χ4n) is 2.31. The molecule has 25 heavy (non-hydrogen) atoms. The largest absolute Gasteiger partial charge is 0.481 e. The molecule has 1 atom stereocenters. The van der Waals surface area contributed by atoms with Gasteiger partial charge < -0.3 is 14.8 Å². The van der Waals surface area contributed by atoms with Crippen LogP contribution in [0.1, 0.15) is 28.8 Å². The van der Waals surface area contributed by atoms with Crippen LogP contribution in [0, 0.1) is 6.92 Å². The maximum atomic E-state index is 12.2. The minimum absolute atomic E-state index is 0.0169. The predicted molar refractivity (Wildman–Crippen MR) is 88.6 cm³/mol. The van der Waals surface area contributed by atoms with Crippen LogP contribution in [-0.2, 0) is 20.2 Å². The van der Waals surface area contributed by atoms with Gasteiger partial charge in [-0.2, -0.15) is 0 Å². The molecule has 9 heteroatoms. The summed E-state index contributed by atoms with van der Waals surface area (Å²) in [6.45, 7) is 2.63. The minimum Gasteiger partial charge on any atom is -0.481 e. The molecular formula is C16H18N2O6S. The van der Waals surface area contributed by atoms with Gasteiger partial charge in [0.05, 0.1) is 0 Å². The third-order valence-corrected chi connectivity index (χ3v) is 4.91. The third-order valence-electron chi connectivity index (χ3n) is 3.89. The standard InChI is InChI=1S/C16H18N2O6S/c1-10-13(25(17,22)23)8-12(24-10)14(19)18-9-16(2,15(20)21)11-6-4-3-5-7-11/h3-8H,9H2,1-2H3,(H,18,19)(H,20,21)(H2,17,22,23). The summed E-state index contributed by atoms with van der Waals surface area (Å²) in [6, 6.07) is 9.47. The van der Waals surface area contributed by atoms with Crippen LogP contribution in [-0.4, -0.2) is 31.9 Å². The molecule has 1 heterocycles. The quantitative estimate of drug-likeness (QED) is 0.697. The number of aliphatic carboxylic acids is 1. The zero-order chi connectivity index (χ0) is 18.8. The summed E-state index contributed by atoms with van der Waals surface area (Å²) >= 11 is 0. The molecule has 0 fully saturated rings. The van der Waals surface area contributed by atoms with Crippen molar-refractivity contribution in [2.24, 2.45) is 5.14 Å². The molecule has 2 rings (SSSR count). The van der Waals surface area contributed by atoms with Crippen molar-refractivity contribution < 1.29 is 27.5 Å². The van der Waals surface area contributed by atoms with E-state index in [1.807, 2.05) is 0 Å². The minimum atomic E-state index is -4.01. The molecule has 134 valence electrons. The fourth-order valence-corrected chi connectivity index (χ4v) is 3.02. The Morgan fingerprint density at radius 1 is 1.28 bits per heavy atom. The number of furan rings is 1. The van der Waals surface area contributed by atoms with E-state index in [-0.39, 0.29) is 23.0 Å². The van der Waals surface area contributed by atoms with E-state index < -0.39 is 27.3 Å². The number of primary sulfonamides is 1. The highest BCUT2D eigenvalue weighted by molar-refractivity contribution is 7.89. The van der Waals surface area contributed by atoms with Crippen molar-refractivity contribution in [2.45, 2.75) is 24.2 Å². The van der Waals surface area contributed by atoms with Crippen molar-refractivity contribution in [1.29, 1.82) is 0 Å². The first-order valence-corrected chi connectivity index (χ1v) is 8.80. The summed E-state index contributed by atoms with van der Waals surface area (Å²) < 4.78 is 27.9. The highest BCUT2D eigenvalue weighted by atomic mass is 32.2. The van der Waals surface area contributed by atoms with Gasteiger partial charge in [-0.25, -0.2) is 13.6 Å². The molecule has 0 saturated heterocycles. The molecule has 0 saturated carbocycles. The fraction of sp³-hybridized carbons (Fsp3) is 0.250.